The van der Waals surface area contributed by atoms with Crippen LogP contribution in [0.15, 0.2) is 12.1 Å². The third kappa shape index (κ3) is 3.14. The molecule has 2 aliphatic rings. The molecule has 2 N–H and O–H groups in total. The van der Waals surface area contributed by atoms with Gasteiger partial charge in [-0.3, -0.25) is 4.90 Å². The molecule has 3 rings (SSSR count). The van der Waals surface area contributed by atoms with E-state index >= 15 is 0 Å². The Morgan fingerprint density at radius 2 is 1.92 bits per heavy atom. The number of rotatable bonds is 5. The quantitative estimate of drug-likeness (QED) is 0.896. The maximum atomic E-state index is 6.57. The average Bonchev–Trinajstić information content (AvgIpc) is 2.59. The number of nitrogens with zero attached hydrogens (tertiary/aromatic N) is 1. The van der Waals surface area contributed by atoms with Crippen LogP contribution in [0.3, 0.4) is 0 Å². The molecule has 0 aromatic heterocycles. The first kappa shape index (κ1) is 17.6. The molecule has 2 heterocycles. The summed E-state index contributed by atoms with van der Waals surface area (Å²) >= 11 is 0. The second-order valence-electron chi connectivity index (χ2n) is 7.47. The van der Waals surface area contributed by atoms with Gasteiger partial charge in [-0.25, -0.2) is 0 Å². The number of hydrogen-bond acceptors (Lipinski definition) is 4. The lowest BCUT2D eigenvalue weighted by Crippen LogP contribution is -2.53. The summed E-state index contributed by atoms with van der Waals surface area (Å²) in [4.78, 5) is 2.68. The Bertz CT molecular complexity index is 575. The molecule has 134 valence electrons. The lowest BCUT2D eigenvalue weighted by molar-refractivity contribution is 0.0423. The van der Waals surface area contributed by atoms with Crippen molar-refractivity contribution in [2.24, 2.45) is 11.7 Å². The van der Waals surface area contributed by atoms with E-state index in [2.05, 4.69) is 30.9 Å². The lowest BCUT2D eigenvalue weighted by Gasteiger charge is -2.49. The molecule has 0 aliphatic carbocycles. The van der Waals surface area contributed by atoms with Gasteiger partial charge < -0.3 is 15.2 Å². The van der Waals surface area contributed by atoms with Crippen LogP contribution >= 0.6 is 0 Å². The minimum Gasteiger partial charge on any atom is -0.493 e. The van der Waals surface area contributed by atoms with E-state index in [4.69, 9.17) is 15.2 Å². The number of benzene rings is 1. The van der Waals surface area contributed by atoms with E-state index in [1.165, 1.54) is 30.4 Å². The van der Waals surface area contributed by atoms with Crippen molar-refractivity contribution in [3.63, 3.8) is 0 Å². The summed E-state index contributed by atoms with van der Waals surface area (Å²) in [7, 11) is 3.42. The summed E-state index contributed by atoms with van der Waals surface area (Å²) in [5.41, 5.74) is 9.35. The molecule has 0 radical (unpaired) electrons. The zero-order valence-corrected chi connectivity index (χ0v) is 15.5. The molecule has 1 aromatic rings. The average molecular weight is 332 g/mol. The van der Waals surface area contributed by atoms with Gasteiger partial charge in [-0.2, -0.15) is 0 Å². The maximum Gasteiger partial charge on any atom is 0.161 e. The SMILES string of the molecule is CCCCC1CN2C(C)Cc3cc(OC)c(OC)cc3C2CC1N. The fraction of sp³-hybridized carbons (Fsp3) is 0.700. The van der Waals surface area contributed by atoms with Crippen LogP contribution in [0.4, 0.5) is 0 Å². The van der Waals surface area contributed by atoms with Gasteiger partial charge in [-0.1, -0.05) is 19.8 Å². The third-order valence-corrected chi connectivity index (χ3v) is 5.96. The van der Waals surface area contributed by atoms with Crippen molar-refractivity contribution in [3.8, 4) is 11.5 Å². The highest BCUT2D eigenvalue weighted by molar-refractivity contribution is 5.50. The molecule has 4 unspecified atom stereocenters. The zero-order valence-electron chi connectivity index (χ0n) is 15.5. The Morgan fingerprint density at radius 3 is 2.58 bits per heavy atom. The number of fused-ring (bicyclic) bond motifs is 3. The first-order valence-electron chi connectivity index (χ1n) is 9.35. The minimum atomic E-state index is 0.295. The van der Waals surface area contributed by atoms with E-state index in [0.29, 0.717) is 24.0 Å². The van der Waals surface area contributed by atoms with Gasteiger partial charge in [0.05, 0.1) is 14.2 Å². The van der Waals surface area contributed by atoms with E-state index in [1.807, 2.05) is 0 Å². The number of piperidine rings is 1. The van der Waals surface area contributed by atoms with Crippen LogP contribution in [-0.2, 0) is 6.42 Å². The van der Waals surface area contributed by atoms with Gasteiger partial charge in [0.2, 0.25) is 0 Å². The van der Waals surface area contributed by atoms with E-state index in [9.17, 15) is 0 Å². The van der Waals surface area contributed by atoms with Gasteiger partial charge in [-0.05, 0) is 55.4 Å². The zero-order chi connectivity index (χ0) is 17.3. The molecule has 1 fully saturated rings. The Labute approximate surface area is 146 Å². The van der Waals surface area contributed by atoms with Crippen molar-refractivity contribution in [1.82, 2.24) is 4.90 Å². The van der Waals surface area contributed by atoms with Crippen LogP contribution in [0, 0.1) is 5.92 Å². The first-order chi connectivity index (χ1) is 11.6. The van der Waals surface area contributed by atoms with E-state index in [0.717, 1.165) is 30.9 Å². The topological polar surface area (TPSA) is 47.7 Å². The molecular formula is C20H32N2O2. The highest BCUT2D eigenvalue weighted by Gasteiger charge is 2.40. The highest BCUT2D eigenvalue weighted by atomic mass is 16.5. The lowest BCUT2D eigenvalue weighted by atomic mass is 9.77. The molecule has 0 saturated carbocycles. The van der Waals surface area contributed by atoms with Gasteiger partial charge >= 0.3 is 0 Å². The molecule has 4 heteroatoms. The van der Waals surface area contributed by atoms with Crippen LogP contribution in [0.5, 0.6) is 11.5 Å². The predicted octanol–water partition coefficient (Wildman–Crippen LogP) is 3.53. The van der Waals surface area contributed by atoms with Crippen LogP contribution in [-0.4, -0.2) is 37.7 Å². The van der Waals surface area contributed by atoms with Gasteiger partial charge in [-0.15, -0.1) is 0 Å². The molecule has 0 amide bonds. The third-order valence-electron chi connectivity index (χ3n) is 5.96. The molecular weight excluding hydrogens is 300 g/mol. The normalized spacial score (nSPS) is 29.7. The number of unbranched alkanes of at least 4 members (excludes halogenated alkanes) is 1. The molecule has 4 atom stereocenters. The van der Waals surface area contributed by atoms with Crippen LogP contribution < -0.4 is 15.2 Å². The summed E-state index contributed by atoms with van der Waals surface area (Å²) in [5, 5.41) is 0. The van der Waals surface area contributed by atoms with Gasteiger partial charge in [0.1, 0.15) is 0 Å². The van der Waals surface area contributed by atoms with Crippen molar-refractivity contribution >= 4 is 0 Å². The van der Waals surface area contributed by atoms with Crippen LogP contribution in [0.2, 0.25) is 0 Å². The van der Waals surface area contributed by atoms with E-state index < -0.39 is 0 Å². The minimum absolute atomic E-state index is 0.295. The second kappa shape index (κ2) is 7.32. The molecule has 4 nitrogen and oxygen atoms in total. The van der Waals surface area contributed by atoms with Crippen molar-refractivity contribution in [3.05, 3.63) is 23.3 Å². The standard InChI is InChI=1S/C20H32N2O2/c1-5-6-7-14-12-22-13(2)8-15-9-19(23-3)20(24-4)10-16(15)18(22)11-17(14)21/h9-10,13-14,17-18H,5-8,11-12,21H2,1-4H3. The van der Waals surface area contributed by atoms with Crippen molar-refractivity contribution in [1.29, 1.82) is 0 Å². The van der Waals surface area contributed by atoms with E-state index in [-0.39, 0.29) is 0 Å². The maximum absolute atomic E-state index is 6.57. The number of hydrogen-bond donors (Lipinski definition) is 1. The molecule has 1 aromatic carbocycles. The van der Waals surface area contributed by atoms with Gasteiger partial charge in [0.25, 0.3) is 0 Å². The number of methoxy groups -OCH3 is 2. The van der Waals surface area contributed by atoms with E-state index in [1.54, 1.807) is 14.2 Å². The van der Waals surface area contributed by atoms with Gasteiger partial charge in [0.15, 0.2) is 11.5 Å². The number of ether oxygens (including phenoxy) is 2. The monoisotopic (exact) mass is 332 g/mol. The van der Waals surface area contributed by atoms with Crippen LogP contribution in [0.1, 0.15) is 56.7 Å². The molecule has 24 heavy (non-hydrogen) atoms. The molecule has 1 saturated heterocycles. The Morgan fingerprint density at radius 1 is 1.21 bits per heavy atom. The fourth-order valence-electron chi connectivity index (χ4n) is 4.54. The Hall–Kier alpha value is -1.26. The summed E-state index contributed by atoms with van der Waals surface area (Å²) in [6, 6.07) is 5.60. The first-order valence-corrected chi connectivity index (χ1v) is 9.35. The van der Waals surface area contributed by atoms with Crippen molar-refractivity contribution in [2.75, 3.05) is 20.8 Å². The smallest absolute Gasteiger partial charge is 0.161 e. The summed E-state index contributed by atoms with van der Waals surface area (Å²) in [5.74, 6) is 2.29. The van der Waals surface area contributed by atoms with Crippen molar-refractivity contribution < 1.29 is 9.47 Å². The Kier molecular flexibility index (Phi) is 5.36. The number of nitrogens with two attached hydrogens (primary N) is 1. The Balaban J connectivity index is 1.90. The summed E-state index contributed by atoms with van der Waals surface area (Å²) in [6.07, 6.45) is 5.91. The van der Waals surface area contributed by atoms with Crippen molar-refractivity contribution in [2.45, 2.75) is 64.1 Å². The van der Waals surface area contributed by atoms with Crippen LogP contribution in [0.25, 0.3) is 0 Å². The van der Waals surface area contributed by atoms with Gasteiger partial charge in [0, 0.05) is 24.7 Å². The summed E-state index contributed by atoms with van der Waals surface area (Å²) < 4.78 is 11.0. The molecule has 0 bridgehead atoms. The predicted molar refractivity (Wildman–Crippen MR) is 97.8 cm³/mol. The fourth-order valence-corrected chi connectivity index (χ4v) is 4.54. The summed E-state index contributed by atoms with van der Waals surface area (Å²) in [6.45, 7) is 5.73. The highest BCUT2D eigenvalue weighted by Crippen LogP contribution is 2.44. The molecule has 0 spiro atoms. The second-order valence-corrected chi connectivity index (χ2v) is 7.47. The molecule has 2 aliphatic heterocycles. The largest absolute Gasteiger partial charge is 0.493 e.